The van der Waals surface area contributed by atoms with Crippen molar-refractivity contribution in [2.75, 3.05) is 23.9 Å². The van der Waals surface area contributed by atoms with Gasteiger partial charge in [-0.05, 0) is 49.4 Å². The predicted octanol–water partition coefficient (Wildman–Crippen LogP) is 3.54. The van der Waals surface area contributed by atoms with Gasteiger partial charge in [0.15, 0.2) is 5.78 Å². The zero-order chi connectivity index (χ0) is 19.6. The molecule has 27 heavy (non-hydrogen) atoms. The lowest BCUT2D eigenvalue weighted by molar-refractivity contribution is -0.122. The van der Waals surface area contributed by atoms with E-state index in [0.717, 1.165) is 0 Å². The number of anilines is 2. The molecule has 0 radical (unpaired) electrons. The van der Waals surface area contributed by atoms with E-state index in [1.807, 2.05) is 0 Å². The third kappa shape index (κ3) is 4.11. The molecule has 1 aliphatic rings. The lowest BCUT2D eigenvalue weighted by Crippen LogP contribution is -2.28. The quantitative estimate of drug-likeness (QED) is 0.797. The van der Waals surface area contributed by atoms with E-state index in [2.05, 4.69) is 5.32 Å². The molecule has 0 bridgehead atoms. The molecule has 1 aliphatic heterocycles. The molecule has 7 heteroatoms. The predicted molar refractivity (Wildman–Crippen MR) is 104 cm³/mol. The van der Waals surface area contributed by atoms with Crippen molar-refractivity contribution < 1.29 is 19.1 Å². The summed E-state index contributed by atoms with van der Waals surface area (Å²) in [5.41, 5.74) is 1.79. The Bertz CT molecular complexity index is 895. The van der Waals surface area contributed by atoms with E-state index in [-0.39, 0.29) is 30.6 Å². The molecule has 1 atom stereocenters. The van der Waals surface area contributed by atoms with Crippen LogP contribution in [0.15, 0.2) is 42.5 Å². The van der Waals surface area contributed by atoms with Gasteiger partial charge in [-0.15, -0.1) is 0 Å². The summed E-state index contributed by atoms with van der Waals surface area (Å²) < 4.78 is 5.12. The Morgan fingerprint density at radius 3 is 2.48 bits per heavy atom. The number of carbonyl (C=O) groups excluding carboxylic acids is 3. The highest BCUT2D eigenvalue weighted by molar-refractivity contribution is 6.32. The zero-order valence-electron chi connectivity index (χ0n) is 15.0. The molecule has 6 nitrogen and oxygen atoms in total. The topological polar surface area (TPSA) is 75.7 Å². The first kappa shape index (κ1) is 18.9. The van der Waals surface area contributed by atoms with Crippen molar-refractivity contribution in [3.05, 3.63) is 53.1 Å². The SMILES string of the molecule is COc1ccc(N2CC(C(=O)Nc3ccc(C(C)=O)cc3)CC2=O)cc1Cl. The van der Waals surface area contributed by atoms with Crippen molar-refractivity contribution in [3.63, 3.8) is 0 Å². The van der Waals surface area contributed by atoms with Gasteiger partial charge in [0.1, 0.15) is 5.75 Å². The number of halogens is 1. The number of nitrogens with one attached hydrogen (secondary N) is 1. The maximum Gasteiger partial charge on any atom is 0.229 e. The summed E-state index contributed by atoms with van der Waals surface area (Å²) in [7, 11) is 1.52. The Hall–Kier alpha value is -2.86. The largest absolute Gasteiger partial charge is 0.495 e. The van der Waals surface area contributed by atoms with Crippen LogP contribution in [0, 0.1) is 5.92 Å². The highest BCUT2D eigenvalue weighted by Crippen LogP contribution is 2.32. The number of ketones is 1. The first-order valence-electron chi connectivity index (χ1n) is 8.45. The summed E-state index contributed by atoms with van der Waals surface area (Å²) in [6, 6.07) is 11.7. The van der Waals surface area contributed by atoms with Crippen LogP contribution in [-0.2, 0) is 9.59 Å². The number of nitrogens with zero attached hydrogens (tertiary/aromatic N) is 1. The molecule has 1 heterocycles. The second kappa shape index (κ2) is 7.80. The summed E-state index contributed by atoms with van der Waals surface area (Å²) in [5.74, 6) is -0.353. The van der Waals surface area contributed by atoms with Crippen LogP contribution in [0.5, 0.6) is 5.75 Å². The number of hydrogen-bond acceptors (Lipinski definition) is 4. The van der Waals surface area contributed by atoms with Crippen LogP contribution in [0.4, 0.5) is 11.4 Å². The Morgan fingerprint density at radius 1 is 1.19 bits per heavy atom. The number of hydrogen-bond donors (Lipinski definition) is 1. The number of benzene rings is 2. The van der Waals surface area contributed by atoms with E-state index in [1.165, 1.54) is 14.0 Å². The van der Waals surface area contributed by atoms with Gasteiger partial charge in [0.05, 0.1) is 18.1 Å². The van der Waals surface area contributed by atoms with Gasteiger partial charge in [0.2, 0.25) is 11.8 Å². The second-order valence-electron chi connectivity index (χ2n) is 6.35. The number of Topliss-reactive ketones (excluding diaryl/α,β-unsaturated/α-hetero) is 1. The number of amides is 2. The van der Waals surface area contributed by atoms with E-state index in [1.54, 1.807) is 47.4 Å². The second-order valence-corrected chi connectivity index (χ2v) is 6.75. The first-order valence-corrected chi connectivity index (χ1v) is 8.82. The Morgan fingerprint density at radius 2 is 1.89 bits per heavy atom. The number of rotatable bonds is 5. The van der Waals surface area contributed by atoms with Crippen molar-refractivity contribution in [1.82, 2.24) is 0 Å². The molecule has 0 aliphatic carbocycles. The van der Waals surface area contributed by atoms with Crippen LogP contribution in [0.25, 0.3) is 0 Å². The molecule has 1 unspecified atom stereocenters. The molecule has 0 aromatic heterocycles. The Kier molecular flexibility index (Phi) is 5.46. The monoisotopic (exact) mass is 386 g/mol. The van der Waals surface area contributed by atoms with E-state index in [4.69, 9.17) is 16.3 Å². The number of carbonyl (C=O) groups is 3. The number of methoxy groups -OCH3 is 1. The van der Waals surface area contributed by atoms with Gasteiger partial charge in [0.25, 0.3) is 0 Å². The van der Waals surface area contributed by atoms with Gasteiger partial charge in [-0.3, -0.25) is 14.4 Å². The van der Waals surface area contributed by atoms with E-state index >= 15 is 0 Å². The standard InChI is InChI=1S/C20H19ClN2O4/c1-12(24)13-3-5-15(6-4-13)22-20(26)14-9-19(25)23(11-14)16-7-8-18(27-2)17(21)10-16/h3-8,10,14H,9,11H2,1-2H3,(H,22,26). The van der Waals surface area contributed by atoms with Gasteiger partial charge >= 0.3 is 0 Å². The van der Waals surface area contributed by atoms with Crippen LogP contribution in [0.3, 0.4) is 0 Å². The average molecular weight is 387 g/mol. The molecule has 0 spiro atoms. The van der Waals surface area contributed by atoms with Crippen molar-refractivity contribution in [2.45, 2.75) is 13.3 Å². The molecule has 2 aromatic rings. The smallest absolute Gasteiger partial charge is 0.229 e. The molecular weight excluding hydrogens is 368 g/mol. The molecule has 2 amide bonds. The third-order valence-electron chi connectivity index (χ3n) is 4.50. The summed E-state index contributed by atoms with van der Waals surface area (Å²) in [4.78, 5) is 37.7. The minimum absolute atomic E-state index is 0.0388. The van der Waals surface area contributed by atoms with Crippen molar-refractivity contribution in [3.8, 4) is 5.75 Å². The van der Waals surface area contributed by atoms with E-state index < -0.39 is 5.92 Å². The van der Waals surface area contributed by atoms with Crippen LogP contribution in [0.2, 0.25) is 5.02 Å². The lowest BCUT2D eigenvalue weighted by Gasteiger charge is -2.18. The van der Waals surface area contributed by atoms with Crippen LogP contribution >= 0.6 is 11.6 Å². The molecular formula is C20H19ClN2O4. The molecule has 140 valence electrons. The molecule has 0 saturated carbocycles. The van der Waals surface area contributed by atoms with Crippen molar-refractivity contribution >= 4 is 40.6 Å². The fraction of sp³-hybridized carbons (Fsp3) is 0.250. The minimum atomic E-state index is -0.467. The van der Waals surface area contributed by atoms with Crippen molar-refractivity contribution in [2.24, 2.45) is 5.92 Å². The summed E-state index contributed by atoms with van der Waals surface area (Å²) in [5, 5.41) is 3.20. The summed E-state index contributed by atoms with van der Waals surface area (Å²) in [6.07, 6.45) is 0.126. The Balaban J connectivity index is 1.68. The van der Waals surface area contributed by atoms with Gasteiger partial charge in [0, 0.05) is 29.9 Å². The first-order chi connectivity index (χ1) is 12.9. The molecule has 1 saturated heterocycles. The highest BCUT2D eigenvalue weighted by atomic mass is 35.5. The van der Waals surface area contributed by atoms with Crippen LogP contribution in [0.1, 0.15) is 23.7 Å². The normalized spacial score (nSPS) is 16.3. The third-order valence-corrected chi connectivity index (χ3v) is 4.80. The van der Waals surface area contributed by atoms with Crippen LogP contribution < -0.4 is 15.0 Å². The van der Waals surface area contributed by atoms with Gasteiger partial charge in [-0.2, -0.15) is 0 Å². The fourth-order valence-corrected chi connectivity index (χ4v) is 3.24. The fourth-order valence-electron chi connectivity index (χ4n) is 2.99. The minimum Gasteiger partial charge on any atom is -0.495 e. The van der Waals surface area contributed by atoms with E-state index in [9.17, 15) is 14.4 Å². The van der Waals surface area contributed by atoms with E-state index in [0.29, 0.717) is 27.7 Å². The zero-order valence-corrected chi connectivity index (χ0v) is 15.7. The summed E-state index contributed by atoms with van der Waals surface area (Å²) >= 11 is 6.13. The van der Waals surface area contributed by atoms with Crippen LogP contribution in [-0.4, -0.2) is 31.3 Å². The molecule has 1 N–H and O–H groups in total. The molecule has 1 fully saturated rings. The Labute approximate surface area is 162 Å². The average Bonchev–Trinajstić information content (AvgIpc) is 3.04. The van der Waals surface area contributed by atoms with Crippen molar-refractivity contribution in [1.29, 1.82) is 0 Å². The number of ether oxygens (including phenoxy) is 1. The lowest BCUT2D eigenvalue weighted by atomic mass is 10.1. The molecule has 2 aromatic carbocycles. The maximum atomic E-state index is 12.5. The summed E-state index contributed by atoms with van der Waals surface area (Å²) in [6.45, 7) is 1.76. The molecule has 3 rings (SSSR count). The maximum absolute atomic E-state index is 12.5. The van der Waals surface area contributed by atoms with Gasteiger partial charge in [-0.25, -0.2) is 0 Å². The highest BCUT2D eigenvalue weighted by Gasteiger charge is 2.35. The van der Waals surface area contributed by atoms with Gasteiger partial charge in [-0.1, -0.05) is 11.6 Å². The van der Waals surface area contributed by atoms with Gasteiger partial charge < -0.3 is 15.0 Å².